The molecule has 0 unspecified atom stereocenters. The molecule has 1 amide bonds. The highest BCUT2D eigenvalue weighted by atomic mass is 32.2. The molecule has 0 aliphatic heterocycles. The lowest BCUT2D eigenvalue weighted by Gasteiger charge is -2.10. The summed E-state index contributed by atoms with van der Waals surface area (Å²) in [5.41, 5.74) is 1.06. The fourth-order valence-electron chi connectivity index (χ4n) is 2.88. The molecule has 0 spiro atoms. The summed E-state index contributed by atoms with van der Waals surface area (Å²) in [5, 5.41) is 3.53. The van der Waals surface area contributed by atoms with E-state index in [1.165, 1.54) is 28.0 Å². The molecule has 1 N–H and O–H groups in total. The van der Waals surface area contributed by atoms with Gasteiger partial charge in [0, 0.05) is 11.4 Å². The molecular weight excluding hydrogens is 457 g/mol. The van der Waals surface area contributed by atoms with E-state index in [1.54, 1.807) is 24.3 Å². The number of hydrogen-bond acceptors (Lipinski definition) is 5. The normalized spacial score (nSPS) is 11.0. The Morgan fingerprint density at radius 2 is 2.03 bits per heavy atom. The van der Waals surface area contributed by atoms with E-state index < -0.39 is 5.82 Å². The van der Waals surface area contributed by atoms with Crippen LogP contribution in [0.25, 0.3) is 15.8 Å². The average molecular weight is 486 g/mol. The number of aromatic nitrogens is 2. The van der Waals surface area contributed by atoms with Crippen LogP contribution in [0.3, 0.4) is 0 Å². The highest BCUT2D eigenvalue weighted by molar-refractivity contribution is 7.99. The van der Waals surface area contributed by atoms with E-state index in [0.29, 0.717) is 15.4 Å². The molecule has 5 nitrogen and oxygen atoms in total. The van der Waals surface area contributed by atoms with E-state index in [2.05, 4.69) is 36.5 Å². The summed E-state index contributed by atoms with van der Waals surface area (Å²) in [5.74, 6) is -0.880. The Morgan fingerprint density at radius 1 is 1.33 bits per heavy atom. The van der Waals surface area contributed by atoms with Gasteiger partial charge in [-0.1, -0.05) is 49.0 Å². The minimum absolute atomic E-state index is 0.00355. The summed E-state index contributed by atoms with van der Waals surface area (Å²) in [6, 6.07) is 7.85. The molecule has 0 radical (unpaired) electrons. The predicted molar refractivity (Wildman–Crippen MR) is 140 cm³/mol. The number of carbonyl (C=O) groups is 1. The Balaban J connectivity index is 0.00000122. The Bertz CT molecular complexity index is 1230. The van der Waals surface area contributed by atoms with Gasteiger partial charge < -0.3 is 5.32 Å². The molecule has 0 fully saturated rings. The van der Waals surface area contributed by atoms with Gasteiger partial charge >= 0.3 is 0 Å². The fraction of sp³-hybridized carbons (Fsp3) is 0.240. The molecule has 174 valence electrons. The summed E-state index contributed by atoms with van der Waals surface area (Å²) in [6.45, 7) is 13.3. The Kier molecular flexibility index (Phi) is 10.3. The highest BCUT2D eigenvalue weighted by Gasteiger charge is 2.16. The van der Waals surface area contributed by atoms with Crippen molar-refractivity contribution in [1.82, 2.24) is 9.55 Å². The van der Waals surface area contributed by atoms with E-state index in [9.17, 15) is 14.0 Å². The summed E-state index contributed by atoms with van der Waals surface area (Å²) in [6.07, 6.45) is 6.38. The molecule has 0 saturated heterocycles. The Morgan fingerprint density at radius 3 is 2.67 bits per heavy atom. The maximum atomic E-state index is 13.7. The first-order chi connectivity index (χ1) is 15.9. The van der Waals surface area contributed by atoms with E-state index in [-0.39, 0.29) is 29.5 Å². The van der Waals surface area contributed by atoms with Crippen LogP contribution in [0.1, 0.15) is 32.1 Å². The molecular formula is C25H28FN3O2S2. The minimum Gasteiger partial charge on any atom is -0.323 e. The number of thiophene rings is 1. The van der Waals surface area contributed by atoms with Crippen LogP contribution in [0.15, 0.2) is 71.7 Å². The molecule has 0 saturated carbocycles. The minimum atomic E-state index is -0.499. The van der Waals surface area contributed by atoms with Crippen molar-refractivity contribution >= 4 is 50.5 Å². The van der Waals surface area contributed by atoms with Gasteiger partial charge in [-0.2, -0.15) is 0 Å². The van der Waals surface area contributed by atoms with Crippen LogP contribution in [0.5, 0.6) is 0 Å². The van der Waals surface area contributed by atoms with Crippen LogP contribution < -0.4 is 10.9 Å². The summed E-state index contributed by atoms with van der Waals surface area (Å²) in [7, 11) is 0. The van der Waals surface area contributed by atoms with E-state index in [4.69, 9.17) is 0 Å². The van der Waals surface area contributed by atoms with Crippen molar-refractivity contribution in [1.29, 1.82) is 0 Å². The van der Waals surface area contributed by atoms with Crippen molar-refractivity contribution in [3.8, 4) is 0 Å². The number of nitrogens with one attached hydrogen (secondary N) is 1. The lowest BCUT2D eigenvalue weighted by Crippen LogP contribution is -2.23. The van der Waals surface area contributed by atoms with E-state index in [0.717, 1.165) is 28.6 Å². The molecule has 33 heavy (non-hydrogen) atoms. The first-order valence-corrected chi connectivity index (χ1v) is 12.2. The van der Waals surface area contributed by atoms with Gasteiger partial charge in [-0.25, -0.2) is 9.37 Å². The van der Waals surface area contributed by atoms with Gasteiger partial charge in [0.25, 0.3) is 5.56 Å². The lowest BCUT2D eigenvalue weighted by atomic mass is 10.2. The van der Waals surface area contributed by atoms with Crippen LogP contribution in [-0.4, -0.2) is 21.2 Å². The molecule has 3 aromatic rings. The molecule has 2 aromatic heterocycles. The number of amides is 1. The number of anilines is 1. The second-order valence-corrected chi connectivity index (χ2v) is 8.92. The molecule has 0 atom stereocenters. The van der Waals surface area contributed by atoms with Crippen molar-refractivity contribution in [3.05, 3.63) is 82.8 Å². The number of carbonyl (C=O) groups excluding carboxylic acids is 1. The SMILES string of the molecule is C=CC.C=CCn1c(SCC(=O)Nc2ccccc2F)nc2sc(/C(C)=C/CC)cc2c1=O. The standard InChI is InChI=1S/C22H22FN3O2S2.C3H6/c1-4-8-14(3)18-12-15-20(30-18)25-22(26(11-5-2)21(15)28)29-13-19(27)24-17-10-7-6-9-16(17)23;1-3-2/h5-10,12H,2,4,11,13H2,1,3H3,(H,24,27);3H,1H2,2H3/b14-8+;. The van der Waals surface area contributed by atoms with Crippen LogP contribution in [0.2, 0.25) is 0 Å². The molecule has 3 rings (SSSR count). The van der Waals surface area contributed by atoms with Gasteiger partial charge in [0.2, 0.25) is 5.91 Å². The first-order valence-electron chi connectivity index (χ1n) is 10.4. The number of para-hydroxylation sites is 1. The number of halogens is 1. The number of fused-ring (bicyclic) bond motifs is 1. The second kappa shape index (κ2) is 12.9. The van der Waals surface area contributed by atoms with Crippen LogP contribution in [0.4, 0.5) is 10.1 Å². The quantitative estimate of drug-likeness (QED) is 0.224. The van der Waals surface area contributed by atoms with Gasteiger partial charge in [0.1, 0.15) is 10.6 Å². The third-order valence-electron chi connectivity index (χ3n) is 4.31. The van der Waals surface area contributed by atoms with Gasteiger partial charge in [-0.05, 0) is 44.0 Å². The summed E-state index contributed by atoms with van der Waals surface area (Å²) >= 11 is 2.60. The molecule has 0 bridgehead atoms. The molecule has 1 aromatic carbocycles. The highest BCUT2D eigenvalue weighted by Crippen LogP contribution is 2.29. The van der Waals surface area contributed by atoms with Crippen LogP contribution >= 0.6 is 23.1 Å². The third-order valence-corrected chi connectivity index (χ3v) is 6.45. The second-order valence-electron chi connectivity index (χ2n) is 6.95. The zero-order chi connectivity index (χ0) is 24.4. The number of hydrogen-bond donors (Lipinski definition) is 1. The third kappa shape index (κ3) is 7.00. The largest absolute Gasteiger partial charge is 0.323 e. The van der Waals surface area contributed by atoms with Gasteiger partial charge in [-0.15, -0.1) is 24.5 Å². The summed E-state index contributed by atoms with van der Waals surface area (Å²) < 4.78 is 15.2. The molecule has 2 heterocycles. The van der Waals surface area contributed by atoms with E-state index in [1.807, 2.05) is 19.9 Å². The zero-order valence-electron chi connectivity index (χ0n) is 19.1. The maximum Gasteiger partial charge on any atom is 0.263 e. The van der Waals surface area contributed by atoms with Crippen molar-refractivity contribution < 1.29 is 9.18 Å². The van der Waals surface area contributed by atoms with Gasteiger partial charge in [0.05, 0.1) is 16.8 Å². The van der Waals surface area contributed by atoms with Crippen molar-refractivity contribution in [2.45, 2.75) is 38.9 Å². The van der Waals surface area contributed by atoms with Crippen molar-refractivity contribution in [3.63, 3.8) is 0 Å². The predicted octanol–water partition coefficient (Wildman–Crippen LogP) is 6.52. The Labute approximate surface area is 201 Å². The van der Waals surface area contributed by atoms with Gasteiger partial charge in [-0.3, -0.25) is 14.2 Å². The van der Waals surface area contributed by atoms with Crippen molar-refractivity contribution in [2.24, 2.45) is 0 Å². The monoisotopic (exact) mass is 485 g/mol. The van der Waals surface area contributed by atoms with Crippen molar-refractivity contribution in [2.75, 3.05) is 11.1 Å². The van der Waals surface area contributed by atoms with Crippen LogP contribution in [-0.2, 0) is 11.3 Å². The fourth-order valence-corrected chi connectivity index (χ4v) is 4.75. The molecule has 0 aliphatic carbocycles. The van der Waals surface area contributed by atoms with E-state index >= 15 is 0 Å². The Hall–Kier alpha value is -2.97. The zero-order valence-corrected chi connectivity index (χ0v) is 20.7. The molecule has 0 aliphatic rings. The number of thioether (sulfide) groups is 1. The van der Waals surface area contributed by atoms with Gasteiger partial charge in [0.15, 0.2) is 5.16 Å². The first kappa shape index (κ1) is 26.3. The molecule has 8 heteroatoms. The van der Waals surface area contributed by atoms with Crippen LogP contribution in [0, 0.1) is 5.82 Å². The number of rotatable bonds is 8. The number of nitrogens with zero attached hydrogens (tertiary/aromatic N) is 2. The topological polar surface area (TPSA) is 64.0 Å². The average Bonchev–Trinajstić information content (AvgIpc) is 3.22. The number of benzene rings is 1. The maximum absolute atomic E-state index is 13.7. The summed E-state index contributed by atoms with van der Waals surface area (Å²) in [4.78, 5) is 31.6. The number of allylic oxidation sites excluding steroid dienone is 4. The lowest BCUT2D eigenvalue weighted by molar-refractivity contribution is -0.113. The smallest absolute Gasteiger partial charge is 0.263 e.